The van der Waals surface area contributed by atoms with Crippen molar-refractivity contribution in [2.45, 2.75) is 44.8 Å². The molecule has 0 aromatic heterocycles. The molecule has 1 rings (SSSR count). The second-order valence-electron chi connectivity index (χ2n) is 5.03. The predicted molar refractivity (Wildman–Crippen MR) is 67.6 cm³/mol. The van der Waals surface area contributed by atoms with Crippen molar-refractivity contribution in [1.29, 1.82) is 5.26 Å². The third-order valence-corrected chi connectivity index (χ3v) is 3.49. The van der Waals surface area contributed by atoms with Crippen LogP contribution in [0, 0.1) is 11.3 Å². The average molecular weight is 277 g/mol. The second-order valence-corrected chi connectivity index (χ2v) is 5.03. The predicted octanol–water partition coefficient (Wildman–Crippen LogP) is 2.64. The molecule has 1 unspecified atom stereocenters. The summed E-state index contributed by atoms with van der Waals surface area (Å²) in [6, 6.07) is 2.27. The zero-order valence-electron chi connectivity index (χ0n) is 11.4. The zero-order valence-corrected chi connectivity index (χ0v) is 11.4. The first-order chi connectivity index (χ1) is 8.96. The van der Waals surface area contributed by atoms with Gasteiger partial charge in [-0.3, -0.25) is 4.90 Å². The van der Waals surface area contributed by atoms with Gasteiger partial charge in [0.2, 0.25) is 0 Å². The molecule has 0 aromatic rings. The first kappa shape index (κ1) is 16.3. The minimum Gasteiger partial charge on any atom is -0.301 e. The Morgan fingerprint density at radius 3 is 2.32 bits per heavy atom. The summed E-state index contributed by atoms with van der Waals surface area (Å²) in [5, 5.41) is 9.08. The van der Waals surface area contributed by atoms with E-state index in [1.807, 2.05) is 0 Å². The van der Waals surface area contributed by atoms with E-state index >= 15 is 0 Å². The van der Waals surface area contributed by atoms with Crippen molar-refractivity contribution >= 4 is 0 Å². The van der Waals surface area contributed by atoms with Gasteiger partial charge in [0.25, 0.3) is 0 Å². The van der Waals surface area contributed by atoms with Crippen LogP contribution in [0.25, 0.3) is 0 Å². The van der Waals surface area contributed by atoms with Crippen LogP contribution in [0.1, 0.15) is 32.6 Å². The molecule has 1 heterocycles. The van der Waals surface area contributed by atoms with Gasteiger partial charge in [0, 0.05) is 32.6 Å². The number of halogens is 3. The van der Waals surface area contributed by atoms with Crippen molar-refractivity contribution in [1.82, 2.24) is 9.80 Å². The largest absolute Gasteiger partial charge is 0.389 e. The van der Waals surface area contributed by atoms with E-state index in [4.69, 9.17) is 5.26 Å². The highest BCUT2D eigenvalue weighted by Crippen LogP contribution is 2.21. The minimum atomic E-state index is -4.05. The Hall–Kier alpha value is -0.800. The molecule has 1 aliphatic heterocycles. The molecule has 19 heavy (non-hydrogen) atoms. The lowest BCUT2D eigenvalue weighted by Gasteiger charge is -2.36. The molecule has 0 radical (unpaired) electrons. The van der Waals surface area contributed by atoms with E-state index in [-0.39, 0.29) is 12.5 Å². The van der Waals surface area contributed by atoms with Gasteiger partial charge in [0.1, 0.15) is 0 Å². The maximum atomic E-state index is 12.0. The van der Waals surface area contributed by atoms with E-state index < -0.39 is 12.6 Å². The highest BCUT2D eigenvalue weighted by atomic mass is 19.4. The van der Waals surface area contributed by atoms with Crippen LogP contribution in [0.4, 0.5) is 13.2 Å². The van der Waals surface area contributed by atoms with E-state index in [0.717, 1.165) is 39.0 Å². The number of alkyl halides is 3. The Kier molecular flexibility index (Phi) is 6.59. The number of hydrogen-bond acceptors (Lipinski definition) is 3. The summed E-state index contributed by atoms with van der Waals surface area (Å²) in [6.45, 7) is 5.64. The lowest BCUT2D eigenvalue weighted by atomic mass is 10.1. The van der Waals surface area contributed by atoms with Crippen molar-refractivity contribution in [2.24, 2.45) is 0 Å². The molecule has 3 nitrogen and oxygen atoms in total. The molecule has 0 N–H and O–H groups in total. The smallest absolute Gasteiger partial charge is 0.301 e. The van der Waals surface area contributed by atoms with Crippen LogP contribution in [-0.4, -0.2) is 54.7 Å². The molecule has 0 amide bonds. The van der Waals surface area contributed by atoms with Gasteiger partial charge in [-0.25, -0.2) is 0 Å². The molecular formula is C13H22F3N3. The van der Waals surface area contributed by atoms with Crippen molar-refractivity contribution in [2.75, 3.05) is 32.7 Å². The molecule has 0 bridgehead atoms. The highest BCUT2D eigenvalue weighted by Gasteiger charge is 2.27. The van der Waals surface area contributed by atoms with Crippen LogP contribution in [0.5, 0.6) is 0 Å². The molecule has 1 aliphatic rings. The maximum absolute atomic E-state index is 12.0. The fourth-order valence-corrected chi connectivity index (χ4v) is 2.40. The highest BCUT2D eigenvalue weighted by molar-refractivity contribution is 4.93. The summed E-state index contributed by atoms with van der Waals surface area (Å²) >= 11 is 0. The van der Waals surface area contributed by atoms with Gasteiger partial charge in [-0.05, 0) is 19.4 Å². The molecule has 1 atom stereocenters. The van der Waals surface area contributed by atoms with Crippen LogP contribution in [-0.2, 0) is 0 Å². The fraction of sp³-hybridized carbons (Fsp3) is 0.923. The zero-order chi connectivity index (χ0) is 14.3. The maximum Gasteiger partial charge on any atom is 0.389 e. The van der Waals surface area contributed by atoms with E-state index in [0.29, 0.717) is 6.54 Å². The molecule has 1 fully saturated rings. The lowest BCUT2D eigenvalue weighted by molar-refractivity contribution is -0.136. The van der Waals surface area contributed by atoms with Crippen LogP contribution in [0.15, 0.2) is 0 Å². The summed E-state index contributed by atoms with van der Waals surface area (Å²) in [7, 11) is 0. The van der Waals surface area contributed by atoms with Gasteiger partial charge in [-0.15, -0.1) is 0 Å². The topological polar surface area (TPSA) is 30.3 Å². The minimum absolute atomic E-state index is 0.0395. The Bertz CT molecular complexity index is 290. The first-order valence-electron chi connectivity index (χ1n) is 6.89. The summed E-state index contributed by atoms with van der Waals surface area (Å²) in [5.41, 5.74) is 0. The van der Waals surface area contributed by atoms with Crippen LogP contribution < -0.4 is 0 Å². The van der Waals surface area contributed by atoms with E-state index in [1.165, 1.54) is 0 Å². The molecule has 6 heteroatoms. The number of nitriles is 1. The molecular weight excluding hydrogens is 255 g/mol. The van der Waals surface area contributed by atoms with E-state index in [1.54, 1.807) is 0 Å². The third-order valence-electron chi connectivity index (χ3n) is 3.49. The average Bonchev–Trinajstić information content (AvgIpc) is 2.35. The quantitative estimate of drug-likeness (QED) is 0.747. The Labute approximate surface area is 113 Å². The number of rotatable bonds is 6. The van der Waals surface area contributed by atoms with Crippen molar-refractivity contribution < 1.29 is 13.2 Å². The SMILES string of the molecule is CCCC(C#N)N1CCN(CCCC(F)(F)F)CC1. The second kappa shape index (κ2) is 7.71. The summed E-state index contributed by atoms with van der Waals surface area (Å²) in [5.74, 6) is 0. The molecule has 1 saturated heterocycles. The lowest BCUT2D eigenvalue weighted by Crippen LogP contribution is -2.50. The van der Waals surface area contributed by atoms with Gasteiger partial charge in [0.05, 0.1) is 12.1 Å². The number of piperazine rings is 1. The monoisotopic (exact) mass is 277 g/mol. The van der Waals surface area contributed by atoms with Crippen LogP contribution in [0.3, 0.4) is 0 Å². The van der Waals surface area contributed by atoms with Crippen molar-refractivity contribution in [3.05, 3.63) is 0 Å². The standard InChI is InChI=1S/C13H22F3N3/c1-2-4-12(11-17)19-9-7-18(8-10-19)6-3-5-13(14,15)16/h12H,2-10H2,1H3. The number of nitrogens with zero attached hydrogens (tertiary/aromatic N) is 3. The van der Waals surface area contributed by atoms with Gasteiger partial charge < -0.3 is 4.90 Å². The van der Waals surface area contributed by atoms with Crippen molar-refractivity contribution in [3.8, 4) is 6.07 Å². The molecule has 0 saturated carbocycles. The summed E-state index contributed by atoms with van der Waals surface area (Å²) in [6.07, 6.45) is -2.74. The number of hydrogen-bond donors (Lipinski definition) is 0. The van der Waals surface area contributed by atoms with E-state index in [9.17, 15) is 13.2 Å². The first-order valence-corrected chi connectivity index (χ1v) is 6.89. The van der Waals surface area contributed by atoms with Gasteiger partial charge in [0.15, 0.2) is 0 Å². The molecule has 0 aromatic carbocycles. The summed E-state index contributed by atoms with van der Waals surface area (Å²) in [4.78, 5) is 4.20. The van der Waals surface area contributed by atoms with Gasteiger partial charge in [-0.2, -0.15) is 18.4 Å². The summed E-state index contributed by atoms with van der Waals surface area (Å²) < 4.78 is 36.1. The Morgan fingerprint density at radius 2 is 1.84 bits per heavy atom. The van der Waals surface area contributed by atoms with Gasteiger partial charge in [-0.1, -0.05) is 13.3 Å². The molecule has 110 valence electrons. The fourth-order valence-electron chi connectivity index (χ4n) is 2.40. The van der Waals surface area contributed by atoms with Crippen LogP contribution in [0.2, 0.25) is 0 Å². The van der Waals surface area contributed by atoms with E-state index in [2.05, 4.69) is 22.8 Å². The Balaban J connectivity index is 2.23. The molecule has 0 spiro atoms. The van der Waals surface area contributed by atoms with Crippen molar-refractivity contribution in [3.63, 3.8) is 0 Å². The third kappa shape index (κ3) is 6.26. The van der Waals surface area contributed by atoms with Crippen LogP contribution >= 0.6 is 0 Å². The van der Waals surface area contributed by atoms with Gasteiger partial charge >= 0.3 is 6.18 Å². The normalized spacial score (nSPS) is 20.2. The Morgan fingerprint density at radius 1 is 1.21 bits per heavy atom. The molecule has 0 aliphatic carbocycles.